The number of aliphatic carboxylic acids is 2. The van der Waals surface area contributed by atoms with Gasteiger partial charge in [0.2, 0.25) is 0 Å². The number of carbonyl (C=O) groups excluding carboxylic acids is 4. The van der Waals surface area contributed by atoms with Crippen molar-refractivity contribution in [1.29, 1.82) is 0 Å². The maximum absolute atomic E-state index is 12.1. The van der Waals surface area contributed by atoms with Crippen molar-refractivity contribution < 1.29 is 82.3 Å². The van der Waals surface area contributed by atoms with E-state index in [1.807, 2.05) is 42.5 Å². The number of carboxylic acids is 2. The molecule has 6 aromatic rings. The summed E-state index contributed by atoms with van der Waals surface area (Å²) in [5.41, 5.74) is 0. The predicted octanol–water partition coefficient (Wildman–Crippen LogP) is 8.47. The summed E-state index contributed by atoms with van der Waals surface area (Å²) in [7, 11) is 4.76. The van der Waals surface area contributed by atoms with Crippen LogP contribution in [0.25, 0.3) is 30.3 Å². The Morgan fingerprint density at radius 1 is 0.508 bits per heavy atom. The number of hydrogen-bond donors (Lipinski definition) is 2. The molecule has 0 saturated heterocycles. The number of ether oxygens (including phenoxy) is 4. The van der Waals surface area contributed by atoms with Crippen LogP contribution in [0.5, 0.6) is 17.2 Å². The van der Waals surface area contributed by atoms with Crippen molar-refractivity contribution in [2.24, 2.45) is 0 Å². The van der Waals surface area contributed by atoms with Crippen molar-refractivity contribution in [3.05, 3.63) is 82.6 Å². The van der Waals surface area contributed by atoms with E-state index in [0.717, 1.165) is 49.4 Å². The molecule has 0 aliphatic rings. The summed E-state index contributed by atoms with van der Waals surface area (Å²) in [6.45, 7) is 2.08. The molecule has 3 aromatic carbocycles. The molecule has 6 rings (SSSR count). The monoisotopic (exact) mass is 1080 g/mol. The summed E-state index contributed by atoms with van der Waals surface area (Å²) < 4.78 is 25.9. The van der Waals surface area contributed by atoms with Crippen LogP contribution in [0, 0.1) is 0 Å². The number of thiophene rings is 3. The second-order valence-electron chi connectivity index (χ2n) is 12.3. The van der Waals surface area contributed by atoms with Gasteiger partial charge in [-0.1, -0.05) is 0 Å². The zero-order chi connectivity index (χ0) is 43.4. The van der Waals surface area contributed by atoms with Crippen molar-refractivity contribution in [2.75, 3.05) is 27.9 Å². The van der Waals surface area contributed by atoms with E-state index in [9.17, 15) is 28.8 Å². The Bertz CT molecular complexity index is 2420. The number of rotatable bonds is 16. The van der Waals surface area contributed by atoms with E-state index < -0.39 is 11.9 Å². The van der Waals surface area contributed by atoms with Gasteiger partial charge in [0.15, 0.2) is 17.3 Å². The summed E-state index contributed by atoms with van der Waals surface area (Å²) in [6.07, 6.45) is 0.0685. The number of halogens is 3. The smallest absolute Gasteiger partial charge is 0.870 e. The summed E-state index contributed by atoms with van der Waals surface area (Å²) in [4.78, 5) is 69.9. The van der Waals surface area contributed by atoms with Crippen molar-refractivity contribution >= 4 is 147 Å². The van der Waals surface area contributed by atoms with Crippen LogP contribution in [0.15, 0.2) is 68.0 Å². The number of Topliss-reactive ketones (excluding diaryl/α,β-unsaturated/α-hetero) is 3. The maximum Gasteiger partial charge on any atom is 1.00 e. The number of ketones is 3. The Morgan fingerprint density at radius 3 is 1.07 bits per heavy atom. The van der Waals surface area contributed by atoms with Gasteiger partial charge in [-0.15, -0.1) is 34.0 Å². The molecular formula is C41H38Br3LiO13S3. The fourth-order valence-corrected chi connectivity index (χ4v) is 10.4. The van der Waals surface area contributed by atoms with Gasteiger partial charge in [-0.25, -0.2) is 0 Å². The third-order valence-electron chi connectivity index (χ3n) is 8.19. The fourth-order valence-electron chi connectivity index (χ4n) is 5.26. The molecule has 0 radical (unpaired) electrons. The molecule has 0 bridgehead atoms. The van der Waals surface area contributed by atoms with Crippen LogP contribution >= 0.6 is 81.8 Å². The van der Waals surface area contributed by atoms with Gasteiger partial charge in [-0.2, -0.15) is 0 Å². The van der Waals surface area contributed by atoms with Crippen LogP contribution in [0.1, 0.15) is 74.5 Å². The van der Waals surface area contributed by atoms with Gasteiger partial charge in [-0.3, -0.25) is 28.8 Å². The Balaban J connectivity index is 0.000000310. The van der Waals surface area contributed by atoms with E-state index >= 15 is 0 Å². The largest absolute Gasteiger partial charge is 1.00 e. The van der Waals surface area contributed by atoms with Gasteiger partial charge in [-0.05, 0) is 125 Å². The number of hydrogen-bond acceptors (Lipinski definition) is 14. The van der Waals surface area contributed by atoms with E-state index in [0.29, 0.717) is 32.7 Å². The molecule has 0 atom stereocenters. The molecular weight excluding hydrogens is 1040 g/mol. The average Bonchev–Trinajstić information content (AvgIpc) is 3.94. The van der Waals surface area contributed by atoms with Gasteiger partial charge in [0, 0.05) is 33.4 Å². The normalized spacial score (nSPS) is 10.3. The first-order chi connectivity index (χ1) is 28.1. The molecule has 3 aromatic heterocycles. The maximum atomic E-state index is 12.1. The van der Waals surface area contributed by atoms with Gasteiger partial charge < -0.3 is 34.6 Å². The van der Waals surface area contributed by atoms with Crippen molar-refractivity contribution in [3.63, 3.8) is 0 Å². The van der Waals surface area contributed by atoms with Crippen LogP contribution < -0.4 is 33.1 Å². The summed E-state index contributed by atoms with van der Waals surface area (Å²) in [5.74, 6) is -0.443. The van der Waals surface area contributed by atoms with Gasteiger partial charge >= 0.3 is 36.8 Å². The van der Waals surface area contributed by atoms with Crippen LogP contribution in [0.4, 0.5) is 0 Å². The molecule has 20 heteroatoms. The molecule has 13 nitrogen and oxygen atoms in total. The van der Waals surface area contributed by atoms with E-state index in [1.54, 1.807) is 40.4 Å². The number of carbonyl (C=O) groups is 6. The zero-order valence-electron chi connectivity index (χ0n) is 33.4. The number of fused-ring (bicyclic) bond motifs is 3. The minimum absolute atomic E-state index is 0. The van der Waals surface area contributed by atoms with Crippen LogP contribution in [0.3, 0.4) is 0 Å². The molecule has 61 heavy (non-hydrogen) atoms. The quantitative estimate of drug-likeness (QED) is 0.0530. The Labute approximate surface area is 399 Å². The standard InChI is InChI=1S/C15H15BrO4S.2C13H11BrO4S.Li.H2O/c1-3-20-15(18)5-4-11(17)14-7-9-6-12(19-2)10(16)8-13(9)21-14;2*1-18-10-4-7-5-12(9(15)2-3-13(16)17)19-11(7)6-8(10)14;;/h6-8H,3-5H2,1-2H3;2*4-6H,2-3H2,1H3,(H,16,17);;1H2/q;;;+1;/p-1. The minimum Gasteiger partial charge on any atom is -0.870 e. The molecule has 0 aliphatic heterocycles. The fraction of sp³-hybridized carbons (Fsp3) is 0.268. The summed E-state index contributed by atoms with van der Waals surface area (Å²) in [5, 5.41) is 20.0. The molecule has 0 saturated carbocycles. The molecule has 0 aliphatic carbocycles. The van der Waals surface area contributed by atoms with Gasteiger partial charge in [0.25, 0.3) is 0 Å². The first-order valence-corrected chi connectivity index (χ1v) is 22.4. The first kappa shape index (κ1) is 53.5. The average molecular weight is 1080 g/mol. The SMILES string of the molecule is CCOC(=O)CCC(=O)c1cc2cc(OC)c(Br)cc2s1.COc1cc2cc(C(=O)CCC(=O)O)sc2cc1Br.COc1cc2cc(C(=O)CCC(=O)O)sc2cc1Br.[Li+].[OH-]. The third kappa shape index (κ3) is 15.3. The Morgan fingerprint density at radius 2 is 0.803 bits per heavy atom. The van der Waals surface area contributed by atoms with Crippen LogP contribution in [-0.4, -0.2) is 78.9 Å². The molecule has 320 valence electrons. The summed E-state index contributed by atoms with van der Waals surface area (Å²) >= 11 is 14.4. The van der Waals surface area contributed by atoms with Crippen molar-refractivity contribution in [3.8, 4) is 17.2 Å². The molecule has 3 N–H and O–H groups in total. The number of benzene rings is 3. The first-order valence-electron chi connectivity index (χ1n) is 17.6. The topological polar surface area (TPSA) is 210 Å². The molecule has 0 fully saturated rings. The molecule has 3 heterocycles. The Kier molecular flexibility index (Phi) is 22.3. The second kappa shape index (κ2) is 25.5. The molecule has 0 unspecified atom stereocenters. The second-order valence-corrected chi connectivity index (χ2v) is 18.1. The number of esters is 1. The predicted molar refractivity (Wildman–Crippen MR) is 243 cm³/mol. The van der Waals surface area contributed by atoms with Crippen LogP contribution in [-0.2, 0) is 19.1 Å². The van der Waals surface area contributed by atoms with Gasteiger partial charge in [0.1, 0.15) is 17.2 Å². The molecule has 0 amide bonds. The van der Waals surface area contributed by atoms with Crippen molar-refractivity contribution in [1.82, 2.24) is 0 Å². The van der Waals surface area contributed by atoms with Crippen LogP contribution in [0.2, 0.25) is 0 Å². The third-order valence-corrected chi connectivity index (χ3v) is 13.5. The van der Waals surface area contributed by atoms with Crippen molar-refractivity contribution in [2.45, 2.75) is 45.4 Å². The van der Waals surface area contributed by atoms with E-state index in [-0.39, 0.29) is 86.2 Å². The summed E-state index contributed by atoms with van der Waals surface area (Å²) in [6, 6.07) is 16.7. The van der Waals surface area contributed by atoms with Gasteiger partial charge in [0.05, 0.1) is 75.2 Å². The van der Waals surface area contributed by atoms with E-state index in [4.69, 9.17) is 29.2 Å². The number of methoxy groups -OCH3 is 3. The minimum atomic E-state index is -0.959. The van der Waals surface area contributed by atoms with E-state index in [1.165, 1.54) is 34.0 Å². The van der Waals surface area contributed by atoms with E-state index in [2.05, 4.69) is 47.8 Å². The Hall–Kier alpha value is -3.64. The number of carboxylic acid groups (broad SMARTS) is 2. The zero-order valence-corrected chi connectivity index (χ0v) is 40.6. The molecule has 0 spiro atoms.